The summed E-state index contributed by atoms with van der Waals surface area (Å²) in [5.74, 6) is 1.69. The molecule has 20 heavy (non-hydrogen) atoms. The molecule has 0 saturated carbocycles. The second-order valence-corrected chi connectivity index (χ2v) is 5.52. The van der Waals surface area contributed by atoms with Crippen molar-refractivity contribution in [2.24, 2.45) is 0 Å². The van der Waals surface area contributed by atoms with Gasteiger partial charge < -0.3 is 14.8 Å². The number of nitrogens with zero attached hydrogens (tertiary/aromatic N) is 1. The van der Waals surface area contributed by atoms with Crippen LogP contribution in [0.5, 0.6) is 11.5 Å². The van der Waals surface area contributed by atoms with Crippen molar-refractivity contribution >= 4 is 15.9 Å². The van der Waals surface area contributed by atoms with E-state index in [2.05, 4.69) is 26.2 Å². The van der Waals surface area contributed by atoms with Gasteiger partial charge in [-0.05, 0) is 47.2 Å². The van der Waals surface area contributed by atoms with Crippen LogP contribution in [-0.4, -0.2) is 18.6 Å². The van der Waals surface area contributed by atoms with E-state index in [9.17, 15) is 0 Å². The summed E-state index contributed by atoms with van der Waals surface area (Å²) in [6.45, 7) is 1.12. The van der Waals surface area contributed by atoms with E-state index in [0.29, 0.717) is 13.2 Å². The zero-order chi connectivity index (χ0) is 13.9. The smallest absolute Gasteiger partial charge is 0.130 e. The molecular weight excluding hydrogens is 320 g/mol. The van der Waals surface area contributed by atoms with E-state index in [4.69, 9.17) is 9.47 Å². The van der Waals surface area contributed by atoms with Crippen LogP contribution in [0.4, 0.5) is 0 Å². The molecule has 1 aliphatic rings. The molecule has 1 aromatic carbocycles. The average molecular weight is 335 g/mol. The van der Waals surface area contributed by atoms with E-state index in [1.165, 1.54) is 5.56 Å². The van der Waals surface area contributed by atoms with E-state index in [1.807, 2.05) is 37.4 Å². The fourth-order valence-corrected chi connectivity index (χ4v) is 2.40. The number of pyridine rings is 1. The maximum atomic E-state index is 5.75. The van der Waals surface area contributed by atoms with E-state index < -0.39 is 0 Å². The summed E-state index contributed by atoms with van der Waals surface area (Å²) in [6.07, 6.45) is 1.77. The highest BCUT2D eigenvalue weighted by molar-refractivity contribution is 9.10. The molecule has 0 saturated heterocycles. The van der Waals surface area contributed by atoms with Gasteiger partial charge in [-0.3, -0.25) is 4.98 Å². The second-order valence-electron chi connectivity index (χ2n) is 4.61. The Labute approximate surface area is 126 Å². The standard InChI is InChI=1S/C15H15BrN2O2/c1-17-14-9-20-15-6-12(4-5-13(14)15)19-8-11-3-2-10(16)7-18-11/h2-7,14,17H,8-9H2,1H3. The number of hydrogen-bond donors (Lipinski definition) is 1. The molecule has 1 N–H and O–H groups in total. The first kappa shape index (κ1) is 13.4. The van der Waals surface area contributed by atoms with E-state index in [-0.39, 0.29) is 6.04 Å². The van der Waals surface area contributed by atoms with Crippen LogP contribution in [0.25, 0.3) is 0 Å². The molecular formula is C15H15BrN2O2. The van der Waals surface area contributed by atoms with Crippen LogP contribution in [0.2, 0.25) is 0 Å². The zero-order valence-corrected chi connectivity index (χ0v) is 12.7. The van der Waals surface area contributed by atoms with Crippen molar-refractivity contribution in [1.29, 1.82) is 0 Å². The minimum atomic E-state index is 0.271. The molecule has 0 bridgehead atoms. The summed E-state index contributed by atoms with van der Waals surface area (Å²) in [5, 5.41) is 3.22. The summed E-state index contributed by atoms with van der Waals surface area (Å²) in [7, 11) is 1.94. The Hall–Kier alpha value is -1.59. The highest BCUT2D eigenvalue weighted by atomic mass is 79.9. The number of rotatable bonds is 4. The van der Waals surface area contributed by atoms with Crippen LogP contribution in [0.1, 0.15) is 17.3 Å². The summed E-state index contributed by atoms with van der Waals surface area (Å²) < 4.78 is 12.4. The van der Waals surface area contributed by atoms with Crippen LogP contribution >= 0.6 is 15.9 Å². The molecule has 1 aliphatic heterocycles. The third-order valence-electron chi connectivity index (χ3n) is 3.29. The highest BCUT2D eigenvalue weighted by Crippen LogP contribution is 2.35. The minimum absolute atomic E-state index is 0.271. The predicted molar refractivity (Wildman–Crippen MR) is 80.0 cm³/mol. The number of aromatic nitrogens is 1. The van der Waals surface area contributed by atoms with Crippen LogP contribution in [0, 0.1) is 0 Å². The van der Waals surface area contributed by atoms with Crippen molar-refractivity contribution in [2.45, 2.75) is 12.6 Å². The van der Waals surface area contributed by atoms with Crippen molar-refractivity contribution in [3.8, 4) is 11.5 Å². The molecule has 5 heteroatoms. The van der Waals surface area contributed by atoms with Crippen LogP contribution in [0.3, 0.4) is 0 Å². The molecule has 0 aliphatic carbocycles. The SMILES string of the molecule is CNC1COc2cc(OCc3ccc(Br)cn3)ccc21. The summed E-state index contributed by atoms with van der Waals surface area (Å²) in [5.41, 5.74) is 2.07. The first-order valence-corrected chi connectivity index (χ1v) is 7.23. The number of hydrogen-bond acceptors (Lipinski definition) is 4. The average Bonchev–Trinajstić information content (AvgIpc) is 2.89. The Morgan fingerprint density at radius 1 is 1.40 bits per heavy atom. The van der Waals surface area contributed by atoms with Gasteiger partial charge in [0, 0.05) is 22.3 Å². The molecule has 3 rings (SSSR count). The molecule has 4 nitrogen and oxygen atoms in total. The van der Waals surface area contributed by atoms with Crippen molar-refractivity contribution in [1.82, 2.24) is 10.3 Å². The van der Waals surface area contributed by atoms with Gasteiger partial charge >= 0.3 is 0 Å². The third kappa shape index (κ3) is 2.78. The lowest BCUT2D eigenvalue weighted by molar-refractivity contribution is 0.295. The van der Waals surface area contributed by atoms with Gasteiger partial charge in [-0.1, -0.05) is 0 Å². The molecule has 0 amide bonds. The monoisotopic (exact) mass is 334 g/mol. The normalized spacial score (nSPS) is 16.6. The van der Waals surface area contributed by atoms with Crippen LogP contribution < -0.4 is 14.8 Å². The zero-order valence-electron chi connectivity index (χ0n) is 11.1. The number of nitrogens with one attached hydrogen (secondary N) is 1. The number of ether oxygens (including phenoxy) is 2. The Morgan fingerprint density at radius 2 is 2.30 bits per heavy atom. The minimum Gasteiger partial charge on any atom is -0.491 e. The van der Waals surface area contributed by atoms with Crippen molar-refractivity contribution < 1.29 is 9.47 Å². The van der Waals surface area contributed by atoms with Gasteiger partial charge in [0.1, 0.15) is 24.7 Å². The Kier molecular flexibility index (Phi) is 3.89. The number of fused-ring (bicyclic) bond motifs is 1. The Morgan fingerprint density at radius 3 is 3.05 bits per heavy atom. The first-order chi connectivity index (χ1) is 9.76. The largest absolute Gasteiger partial charge is 0.491 e. The van der Waals surface area contributed by atoms with Gasteiger partial charge in [0.25, 0.3) is 0 Å². The summed E-state index contributed by atoms with van der Waals surface area (Å²) in [4.78, 5) is 4.28. The van der Waals surface area contributed by atoms with E-state index >= 15 is 0 Å². The highest BCUT2D eigenvalue weighted by Gasteiger charge is 2.22. The second kappa shape index (κ2) is 5.81. The van der Waals surface area contributed by atoms with Crippen LogP contribution in [0.15, 0.2) is 41.0 Å². The van der Waals surface area contributed by atoms with Gasteiger partial charge in [0.05, 0.1) is 11.7 Å². The van der Waals surface area contributed by atoms with Gasteiger partial charge in [-0.2, -0.15) is 0 Å². The van der Waals surface area contributed by atoms with Crippen molar-refractivity contribution in [3.63, 3.8) is 0 Å². The van der Waals surface area contributed by atoms with Crippen molar-refractivity contribution in [3.05, 3.63) is 52.3 Å². The van der Waals surface area contributed by atoms with Crippen molar-refractivity contribution in [2.75, 3.05) is 13.7 Å². The van der Waals surface area contributed by atoms with E-state index in [0.717, 1.165) is 21.7 Å². The number of benzene rings is 1. The Bertz CT molecular complexity index is 601. The van der Waals surface area contributed by atoms with Gasteiger partial charge in [0.15, 0.2) is 0 Å². The maximum Gasteiger partial charge on any atom is 0.130 e. The molecule has 2 heterocycles. The fourth-order valence-electron chi connectivity index (χ4n) is 2.17. The summed E-state index contributed by atoms with van der Waals surface area (Å²) >= 11 is 3.36. The molecule has 0 spiro atoms. The lowest BCUT2D eigenvalue weighted by Gasteiger charge is -2.09. The molecule has 1 aromatic heterocycles. The summed E-state index contributed by atoms with van der Waals surface area (Å²) in [6, 6.07) is 10.1. The molecule has 0 fully saturated rings. The molecule has 1 unspecified atom stereocenters. The van der Waals surface area contributed by atoms with Gasteiger partial charge in [-0.15, -0.1) is 0 Å². The molecule has 1 atom stereocenters. The van der Waals surface area contributed by atoms with Gasteiger partial charge in [-0.25, -0.2) is 0 Å². The maximum absolute atomic E-state index is 5.75. The first-order valence-electron chi connectivity index (χ1n) is 6.43. The quantitative estimate of drug-likeness (QED) is 0.933. The molecule has 0 radical (unpaired) electrons. The Balaban J connectivity index is 1.68. The predicted octanol–water partition coefficient (Wildman–Crippen LogP) is 3.08. The fraction of sp³-hybridized carbons (Fsp3) is 0.267. The van der Waals surface area contributed by atoms with E-state index in [1.54, 1.807) is 6.20 Å². The van der Waals surface area contributed by atoms with Crippen LogP contribution in [-0.2, 0) is 6.61 Å². The third-order valence-corrected chi connectivity index (χ3v) is 3.76. The molecule has 104 valence electrons. The lowest BCUT2D eigenvalue weighted by atomic mass is 10.1. The number of likely N-dealkylation sites (N-methyl/N-ethyl adjacent to an activating group) is 1. The van der Waals surface area contributed by atoms with Gasteiger partial charge in [0.2, 0.25) is 0 Å². The lowest BCUT2D eigenvalue weighted by Crippen LogP contribution is -2.17. The molecule has 2 aromatic rings. The topological polar surface area (TPSA) is 43.4 Å². The number of halogens is 1.